The quantitative estimate of drug-likeness (QED) is 0.873. The minimum absolute atomic E-state index is 0.00656. The molecule has 1 saturated heterocycles. The summed E-state index contributed by atoms with van der Waals surface area (Å²) in [5, 5.41) is 4.73. The second-order valence-corrected chi connectivity index (χ2v) is 5.23. The number of piperidine rings is 1. The Morgan fingerprint density at radius 1 is 1.14 bits per heavy atom. The molecular formula is C15H18FN3O3. The molecule has 2 rings (SSSR count). The van der Waals surface area contributed by atoms with Gasteiger partial charge < -0.3 is 10.2 Å². The first-order valence-corrected chi connectivity index (χ1v) is 7.08. The molecule has 1 aliphatic heterocycles. The van der Waals surface area contributed by atoms with Crippen molar-refractivity contribution in [1.29, 1.82) is 0 Å². The molecule has 4 amide bonds. The maximum atomic E-state index is 12.8. The van der Waals surface area contributed by atoms with E-state index in [1.165, 1.54) is 31.2 Å². The standard InChI is InChI=1S/C15H18FN3O3/c1-10(20)19-8-6-11(7-9-19)14(21)18-15(22)17-13-4-2-12(16)3-5-13/h2-5,11H,6-9H2,1H3,(H2,17,18,21,22). The van der Waals surface area contributed by atoms with Gasteiger partial charge in [-0.05, 0) is 37.1 Å². The summed E-state index contributed by atoms with van der Waals surface area (Å²) in [7, 11) is 0. The van der Waals surface area contributed by atoms with Crippen LogP contribution >= 0.6 is 0 Å². The SMILES string of the molecule is CC(=O)N1CCC(C(=O)NC(=O)Nc2ccc(F)cc2)CC1. The van der Waals surface area contributed by atoms with E-state index in [4.69, 9.17) is 0 Å². The van der Waals surface area contributed by atoms with Crippen LogP contribution in [-0.2, 0) is 9.59 Å². The summed E-state index contributed by atoms with van der Waals surface area (Å²) in [4.78, 5) is 36.6. The molecule has 1 fully saturated rings. The molecule has 0 spiro atoms. The van der Waals surface area contributed by atoms with Gasteiger partial charge >= 0.3 is 6.03 Å². The third kappa shape index (κ3) is 4.28. The third-order valence-corrected chi connectivity index (χ3v) is 3.65. The van der Waals surface area contributed by atoms with Crippen LogP contribution in [-0.4, -0.2) is 35.8 Å². The average Bonchev–Trinajstić information content (AvgIpc) is 2.49. The molecule has 1 aromatic carbocycles. The Balaban J connectivity index is 1.80. The van der Waals surface area contributed by atoms with Crippen LogP contribution < -0.4 is 10.6 Å². The molecule has 0 atom stereocenters. The van der Waals surface area contributed by atoms with Crippen molar-refractivity contribution < 1.29 is 18.8 Å². The predicted molar refractivity (Wildman–Crippen MR) is 78.5 cm³/mol. The first-order valence-electron chi connectivity index (χ1n) is 7.08. The van der Waals surface area contributed by atoms with Crippen molar-refractivity contribution in [1.82, 2.24) is 10.2 Å². The van der Waals surface area contributed by atoms with E-state index in [-0.39, 0.29) is 17.7 Å². The number of amides is 4. The fourth-order valence-corrected chi connectivity index (χ4v) is 2.37. The second-order valence-electron chi connectivity index (χ2n) is 5.23. The third-order valence-electron chi connectivity index (χ3n) is 3.65. The Morgan fingerprint density at radius 2 is 1.73 bits per heavy atom. The van der Waals surface area contributed by atoms with Gasteiger partial charge in [0.2, 0.25) is 11.8 Å². The summed E-state index contributed by atoms with van der Waals surface area (Å²) in [5.74, 6) is -1.05. The highest BCUT2D eigenvalue weighted by atomic mass is 19.1. The largest absolute Gasteiger partial charge is 0.343 e. The number of benzene rings is 1. The zero-order valence-electron chi connectivity index (χ0n) is 12.3. The minimum atomic E-state index is -0.648. The number of hydrogen-bond donors (Lipinski definition) is 2. The number of imide groups is 1. The molecule has 0 bridgehead atoms. The van der Waals surface area contributed by atoms with Crippen molar-refractivity contribution in [3.63, 3.8) is 0 Å². The summed E-state index contributed by atoms with van der Waals surface area (Å²) in [6.07, 6.45) is 1.07. The average molecular weight is 307 g/mol. The van der Waals surface area contributed by atoms with E-state index in [0.29, 0.717) is 31.6 Å². The lowest BCUT2D eigenvalue weighted by Crippen LogP contribution is -2.44. The number of hydrogen-bond acceptors (Lipinski definition) is 3. The molecule has 1 aliphatic rings. The Morgan fingerprint density at radius 3 is 2.27 bits per heavy atom. The van der Waals surface area contributed by atoms with Crippen LogP contribution in [0.4, 0.5) is 14.9 Å². The van der Waals surface area contributed by atoms with Gasteiger partial charge in [-0.3, -0.25) is 14.9 Å². The zero-order valence-corrected chi connectivity index (χ0v) is 12.3. The van der Waals surface area contributed by atoms with Gasteiger partial charge in [0, 0.05) is 31.6 Å². The fourth-order valence-electron chi connectivity index (χ4n) is 2.37. The van der Waals surface area contributed by atoms with Gasteiger partial charge in [0.1, 0.15) is 5.82 Å². The van der Waals surface area contributed by atoms with Gasteiger partial charge in [-0.1, -0.05) is 0 Å². The Bertz CT molecular complexity index is 566. The number of nitrogens with one attached hydrogen (secondary N) is 2. The van der Waals surface area contributed by atoms with Crippen LogP contribution in [0.15, 0.2) is 24.3 Å². The van der Waals surface area contributed by atoms with Crippen LogP contribution in [0.1, 0.15) is 19.8 Å². The molecule has 1 heterocycles. The number of halogens is 1. The van der Waals surface area contributed by atoms with Gasteiger partial charge in [0.05, 0.1) is 0 Å². The maximum Gasteiger partial charge on any atom is 0.325 e. The van der Waals surface area contributed by atoms with Crippen LogP contribution in [0.25, 0.3) is 0 Å². The van der Waals surface area contributed by atoms with E-state index < -0.39 is 11.8 Å². The molecule has 6 nitrogen and oxygen atoms in total. The maximum absolute atomic E-state index is 12.8. The zero-order chi connectivity index (χ0) is 16.1. The lowest BCUT2D eigenvalue weighted by atomic mass is 9.96. The summed E-state index contributed by atoms with van der Waals surface area (Å²) in [6, 6.07) is 4.60. The minimum Gasteiger partial charge on any atom is -0.343 e. The van der Waals surface area contributed by atoms with E-state index >= 15 is 0 Å². The van der Waals surface area contributed by atoms with Crippen molar-refractivity contribution in [2.75, 3.05) is 18.4 Å². The molecule has 118 valence electrons. The van der Waals surface area contributed by atoms with Gasteiger partial charge in [-0.25, -0.2) is 9.18 Å². The van der Waals surface area contributed by atoms with Crippen molar-refractivity contribution in [3.05, 3.63) is 30.1 Å². The lowest BCUT2D eigenvalue weighted by Gasteiger charge is -2.30. The molecule has 0 radical (unpaired) electrons. The van der Waals surface area contributed by atoms with E-state index in [2.05, 4.69) is 10.6 Å². The molecule has 0 saturated carbocycles. The summed E-state index contributed by atoms with van der Waals surface area (Å²) >= 11 is 0. The molecule has 22 heavy (non-hydrogen) atoms. The molecule has 0 unspecified atom stereocenters. The van der Waals surface area contributed by atoms with Crippen LogP contribution in [0.5, 0.6) is 0 Å². The van der Waals surface area contributed by atoms with Gasteiger partial charge in [0.15, 0.2) is 0 Å². The van der Waals surface area contributed by atoms with Crippen molar-refractivity contribution >= 4 is 23.5 Å². The fraction of sp³-hybridized carbons (Fsp3) is 0.400. The van der Waals surface area contributed by atoms with E-state index in [1.54, 1.807) is 4.90 Å². The number of carbonyl (C=O) groups excluding carboxylic acids is 3. The highest BCUT2D eigenvalue weighted by molar-refractivity contribution is 6.01. The lowest BCUT2D eigenvalue weighted by molar-refractivity contribution is -0.133. The smallest absolute Gasteiger partial charge is 0.325 e. The van der Waals surface area contributed by atoms with Gasteiger partial charge in [0.25, 0.3) is 0 Å². The summed E-state index contributed by atoms with van der Waals surface area (Å²) in [5.41, 5.74) is 0.401. The number of rotatable bonds is 2. The van der Waals surface area contributed by atoms with Crippen molar-refractivity contribution in [3.8, 4) is 0 Å². The Kier molecular flexibility index (Phi) is 5.08. The van der Waals surface area contributed by atoms with E-state index in [9.17, 15) is 18.8 Å². The number of likely N-dealkylation sites (tertiary alicyclic amines) is 1. The van der Waals surface area contributed by atoms with Gasteiger partial charge in [-0.2, -0.15) is 0 Å². The Labute approximate surface area is 127 Å². The summed E-state index contributed by atoms with van der Waals surface area (Å²) < 4.78 is 12.8. The van der Waals surface area contributed by atoms with Gasteiger partial charge in [-0.15, -0.1) is 0 Å². The van der Waals surface area contributed by atoms with Crippen LogP contribution in [0.2, 0.25) is 0 Å². The molecule has 0 aromatic heterocycles. The van der Waals surface area contributed by atoms with Crippen molar-refractivity contribution in [2.24, 2.45) is 5.92 Å². The highest BCUT2D eigenvalue weighted by Crippen LogP contribution is 2.17. The second kappa shape index (κ2) is 7.02. The molecule has 0 aliphatic carbocycles. The number of urea groups is 1. The van der Waals surface area contributed by atoms with Crippen LogP contribution in [0.3, 0.4) is 0 Å². The number of nitrogens with zero attached hydrogens (tertiary/aromatic N) is 1. The van der Waals surface area contributed by atoms with E-state index in [0.717, 1.165) is 0 Å². The van der Waals surface area contributed by atoms with E-state index in [1.807, 2.05) is 0 Å². The predicted octanol–water partition coefficient (Wildman–Crippen LogP) is 1.73. The Hall–Kier alpha value is -2.44. The molecule has 2 N–H and O–H groups in total. The summed E-state index contributed by atoms with van der Waals surface area (Å²) in [6.45, 7) is 2.54. The molecule has 7 heteroatoms. The normalized spacial score (nSPS) is 15.3. The topological polar surface area (TPSA) is 78.5 Å². The van der Waals surface area contributed by atoms with Crippen molar-refractivity contribution in [2.45, 2.75) is 19.8 Å². The van der Waals surface area contributed by atoms with Crippen LogP contribution in [0, 0.1) is 11.7 Å². The molecule has 1 aromatic rings. The first-order chi connectivity index (χ1) is 10.5. The highest BCUT2D eigenvalue weighted by Gasteiger charge is 2.26. The number of anilines is 1. The molecular weight excluding hydrogens is 289 g/mol. The number of carbonyl (C=O) groups is 3. The first kappa shape index (κ1) is 15.9. The monoisotopic (exact) mass is 307 g/mol.